The minimum Gasteiger partial charge on any atom is -0.359 e. The Kier molecular flexibility index (Phi) is 4.18. The summed E-state index contributed by atoms with van der Waals surface area (Å²) in [6, 6.07) is 8.22. The Morgan fingerprint density at radius 1 is 1.37 bits per heavy atom. The van der Waals surface area contributed by atoms with E-state index < -0.39 is 0 Å². The van der Waals surface area contributed by atoms with Crippen molar-refractivity contribution in [1.82, 2.24) is 4.98 Å². The fraction of sp³-hybridized carbons (Fsp3) is 0.188. The van der Waals surface area contributed by atoms with Gasteiger partial charge in [-0.05, 0) is 31.6 Å². The van der Waals surface area contributed by atoms with Gasteiger partial charge in [-0.3, -0.25) is 4.79 Å². The number of aldehydes is 1. The van der Waals surface area contributed by atoms with E-state index in [0.717, 1.165) is 24.0 Å². The number of nitrogens with one attached hydrogen (secondary N) is 1. The number of anilines is 1. The summed E-state index contributed by atoms with van der Waals surface area (Å²) in [4.78, 5) is 15.9. The molecule has 1 heterocycles. The maximum absolute atomic E-state index is 10.5. The lowest BCUT2D eigenvalue weighted by Gasteiger charge is -2.16. The summed E-state index contributed by atoms with van der Waals surface area (Å²) in [5.74, 6) is 0. The number of hydrogen-bond acceptors (Lipinski definition) is 2. The van der Waals surface area contributed by atoms with E-state index in [9.17, 15) is 4.79 Å². The number of nitrogens with zero attached hydrogens (tertiary/aromatic N) is 1. The number of carbonyl (C=O) groups excluding carboxylic acids is 1. The van der Waals surface area contributed by atoms with Crippen LogP contribution in [0.15, 0.2) is 54.4 Å². The van der Waals surface area contributed by atoms with E-state index in [-0.39, 0.29) is 0 Å². The van der Waals surface area contributed by atoms with Gasteiger partial charge in [-0.15, -0.1) is 0 Å². The van der Waals surface area contributed by atoms with Gasteiger partial charge in [0.05, 0.1) is 5.69 Å². The number of rotatable bonds is 5. The molecule has 3 heteroatoms. The van der Waals surface area contributed by atoms with Crippen molar-refractivity contribution in [3.05, 3.63) is 54.4 Å². The summed E-state index contributed by atoms with van der Waals surface area (Å²) in [6.45, 7) is 4.76. The van der Waals surface area contributed by atoms with Crippen molar-refractivity contribution in [3.63, 3.8) is 0 Å². The fourth-order valence-electron chi connectivity index (χ4n) is 1.99. The van der Waals surface area contributed by atoms with Crippen LogP contribution >= 0.6 is 0 Å². The number of benzene rings is 1. The Balaban J connectivity index is 2.29. The van der Waals surface area contributed by atoms with Gasteiger partial charge in [0.15, 0.2) is 0 Å². The first-order valence-corrected chi connectivity index (χ1v) is 6.39. The third-order valence-electron chi connectivity index (χ3n) is 3.03. The molecular formula is C16H18N2O. The topological polar surface area (TPSA) is 36.1 Å². The quantitative estimate of drug-likeness (QED) is 0.502. The van der Waals surface area contributed by atoms with Crippen LogP contribution in [-0.2, 0) is 4.79 Å². The lowest BCUT2D eigenvalue weighted by atomic mass is 10.2. The molecule has 19 heavy (non-hydrogen) atoms. The number of H-pyrrole nitrogens is 1. The molecule has 0 amide bonds. The van der Waals surface area contributed by atoms with Gasteiger partial charge in [0.2, 0.25) is 0 Å². The Bertz CT molecular complexity index is 622. The van der Waals surface area contributed by atoms with Gasteiger partial charge in [-0.1, -0.05) is 24.3 Å². The van der Waals surface area contributed by atoms with Gasteiger partial charge in [-0.2, -0.15) is 0 Å². The van der Waals surface area contributed by atoms with Crippen molar-refractivity contribution >= 4 is 22.9 Å². The van der Waals surface area contributed by atoms with Crippen molar-refractivity contribution in [1.29, 1.82) is 0 Å². The van der Waals surface area contributed by atoms with Gasteiger partial charge in [-0.25, -0.2) is 0 Å². The monoisotopic (exact) mass is 254 g/mol. The summed E-state index contributed by atoms with van der Waals surface area (Å²) in [5.41, 5.74) is 2.99. The molecule has 1 aromatic carbocycles. The van der Waals surface area contributed by atoms with Crippen molar-refractivity contribution in [2.45, 2.75) is 13.8 Å². The number of aromatic amines is 1. The minimum absolute atomic E-state index is 0.714. The molecule has 0 atom stereocenters. The fourth-order valence-corrected chi connectivity index (χ4v) is 1.99. The highest BCUT2D eigenvalue weighted by Crippen LogP contribution is 2.26. The highest BCUT2D eigenvalue weighted by Gasteiger charge is 2.06. The SMILES string of the molecule is CCN(/C=C/C=C(\C)C=O)c1c[nH]c2ccccc12. The van der Waals surface area contributed by atoms with Crippen LogP contribution in [0, 0.1) is 0 Å². The maximum Gasteiger partial charge on any atom is 0.145 e. The normalized spacial score (nSPS) is 12.2. The predicted molar refractivity (Wildman–Crippen MR) is 80.3 cm³/mol. The molecule has 0 bridgehead atoms. The van der Waals surface area contributed by atoms with Crippen LogP contribution in [0.25, 0.3) is 10.9 Å². The van der Waals surface area contributed by atoms with Crippen LogP contribution in [0.2, 0.25) is 0 Å². The molecule has 2 aromatic rings. The average Bonchev–Trinajstić information content (AvgIpc) is 2.87. The number of carbonyl (C=O) groups is 1. The van der Waals surface area contributed by atoms with Gasteiger partial charge < -0.3 is 9.88 Å². The number of allylic oxidation sites excluding steroid dienone is 3. The van der Waals surface area contributed by atoms with Gasteiger partial charge in [0.1, 0.15) is 6.29 Å². The van der Waals surface area contributed by atoms with Crippen LogP contribution < -0.4 is 4.90 Å². The molecule has 0 unspecified atom stereocenters. The second-order valence-corrected chi connectivity index (χ2v) is 4.38. The number of para-hydroxylation sites is 1. The lowest BCUT2D eigenvalue weighted by molar-refractivity contribution is -0.104. The highest BCUT2D eigenvalue weighted by atomic mass is 16.1. The zero-order valence-electron chi connectivity index (χ0n) is 11.3. The molecule has 1 N–H and O–H groups in total. The summed E-state index contributed by atoms with van der Waals surface area (Å²) in [6.07, 6.45) is 8.56. The number of aromatic nitrogens is 1. The summed E-state index contributed by atoms with van der Waals surface area (Å²) >= 11 is 0. The van der Waals surface area contributed by atoms with Crippen molar-refractivity contribution in [2.24, 2.45) is 0 Å². The van der Waals surface area contributed by atoms with E-state index in [1.807, 2.05) is 36.7 Å². The van der Waals surface area contributed by atoms with Crippen LogP contribution in [0.5, 0.6) is 0 Å². The molecule has 1 aromatic heterocycles. The van der Waals surface area contributed by atoms with E-state index in [1.54, 1.807) is 6.92 Å². The molecule has 0 fully saturated rings. The Hall–Kier alpha value is -2.29. The predicted octanol–water partition coefficient (Wildman–Crippen LogP) is 3.65. The summed E-state index contributed by atoms with van der Waals surface area (Å²) < 4.78 is 0. The first-order valence-electron chi connectivity index (χ1n) is 6.39. The minimum atomic E-state index is 0.714. The van der Waals surface area contributed by atoms with E-state index in [2.05, 4.69) is 28.9 Å². The smallest absolute Gasteiger partial charge is 0.145 e. The number of fused-ring (bicyclic) bond motifs is 1. The molecule has 0 saturated carbocycles. The molecule has 3 nitrogen and oxygen atoms in total. The molecule has 0 aliphatic carbocycles. The largest absolute Gasteiger partial charge is 0.359 e. The molecule has 0 spiro atoms. The molecule has 98 valence electrons. The second kappa shape index (κ2) is 6.05. The van der Waals surface area contributed by atoms with Crippen molar-refractivity contribution in [3.8, 4) is 0 Å². The summed E-state index contributed by atoms with van der Waals surface area (Å²) in [7, 11) is 0. The molecule has 0 saturated heterocycles. The van der Waals surface area contributed by atoms with Gasteiger partial charge in [0.25, 0.3) is 0 Å². The van der Waals surface area contributed by atoms with Crippen LogP contribution in [-0.4, -0.2) is 17.8 Å². The Labute approximate surface area is 113 Å². The van der Waals surface area contributed by atoms with E-state index in [4.69, 9.17) is 0 Å². The third kappa shape index (κ3) is 2.94. The average molecular weight is 254 g/mol. The van der Waals surface area contributed by atoms with E-state index in [1.165, 1.54) is 5.39 Å². The van der Waals surface area contributed by atoms with Crippen LogP contribution in [0.3, 0.4) is 0 Å². The zero-order valence-corrected chi connectivity index (χ0v) is 11.3. The van der Waals surface area contributed by atoms with E-state index in [0.29, 0.717) is 5.57 Å². The first-order chi connectivity index (χ1) is 9.26. The highest BCUT2D eigenvalue weighted by molar-refractivity contribution is 5.93. The third-order valence-corrected chi connectivity index (χ3v) is 3.03. The zero-order chi connectivity index (χ0) is 13.7. The Morgan fingerprint density at radius 3 is 2.89 bits per heavy atom. The summed E-state index contributed by atoms with van der Waals surface area (Å²) in [5, 5.41) is 1.20. The van der Waals surface area contributed by atoms with E-state index >= 15 is 0 Å². The standard InChI is InChI=1S/C16H18N2O/c1-3-18(10-6-7-13(2)12-19)16-11-17-15-9-5-4-8-14(15)16/h4-12,17H,3H2,1-2H3/b10-6+,13-7+. The van der Waals surface area contributed by atoms with Gasteiger partial charge >= 0.3 is 0 Å². The lowest BCUT2D eigenvalue weighted by Crippen LogP contribution is -2.14. The molecule has 0 aliphatic heterocycles. The maximum atomic E-state index is 10.5. The second-order valence-electron chi connectivity index (χ2n) is 4.38. The Morgan fingerprint density at radius 2 is 2.16 bits per heavy atom. The van der Waals surface area contributed by atoms with Crippen LogP contribution in [0.1, 0.15) is 13.8 Å². The molecular weight excluding hydrogens is 236 g/mol. The molecule has 2 rings (SSSR count). The molecule has 0 radical (unpaired) electrons. The molecule has 0 aliphatic rings. The van der Waals surface area contributed by atoms with Crippen LogP contribution in [0.4, 0.5) is 5.69 Å². The number of hydrogen-bond donors (Lipinski definition) is 1. The van der Waals surface area contributed by atoms with Crippen molar-refractivity contribution < 1.29 is 4.79 Å². The van der Waals surface area contributed by atoms with Gasteiger partial charge in [0, 0.05) is 29.8 Å². The first kappa shape index (κ1) is 13.1. The van der Waals surface area contributed by atoms with Crippen molar-refractivity contribution in [2.75, 3.05) is 11.4 Å².